The molecule has 0 saturated carbocycles. The molecule has 0 aliphatic heterocycles. The lowest BCUT2D eigenvalue weighted by molar-refractivity contribution is -0.146. The molecule has 0 heterocycles. The average Bonchev–Trinajstić information content (AvgIpc) is 2.58. The number of hydrogen-bond acceptors (Lipinski definition) is 5. The van der Waals surface area contributed by atoms with E-state index in [0.29, 0.717) is 22.1 Å². The Morgan fingerprint density at radius 1 is 1.12 bits per heavy atom. The smallest absolute Gasteiger partial charge is 0.344 e. The van der Waals surface area contributed by atoms with Crippen molar-refractivity contribution in [2.24, 2.45) is 0 Å². The lowest BCUT2D eigenvalue weighted by atomic mass is 10.2. The van der Waals surface area contributed by atoms with Crippen LogP contribution in [-0.4, -0.2) is 25.8 Å². The van der Waals surface area contributed by atoms with Gasteiger partial charge in [0.2, 0.25) is 0 Å². The number of nitriles is 1. The van der Waals surface area contributed by atoms with Crippen LogP contribution in [-0.2, 0) is 9.53 Å². The highest BCUT2D eigenvalue weighted by molar-refractivity contribution is 6.30. The van der Waals surface area contributed by atoms with Crippen LogP contribution in [0.15, 0.2) is 42.5 Å². The molecule has 124 valence electrons. The zero-order valence-electron chi connectivity index (χ0n) is 13.1. The Hall–Kier alpha value is -2.71. The van der Waals surface area contributed by atoms with Crippen molar-refractivity contribution >= 4 is 17.6 Å². The van der Waals surface area contributed by atoms with Gasteiger partial charge < -0.3 is 14.2 Å². The van der Waals surface area contributed by atoms with E-state index in [1.165, 1.54) is 0 Å². The first-order valence-corrected chi connectivity index (χ1v) is 7.64. The van der Waals surface area contributed by atoms with Crippen LogP contribution in [0.25, 0.3) is 0 Å². The molecular weight excluding hydrogens is 330 g/mol. The number of aryl methyl sites for hydroxylation is 1. The van der Waals surface area contributed by atoms with Gasteiger partial charge in [-0.15, -0.1) is 0 Å². The zero-order chi connectivity index (χ0) is 17.4. The standard InChI is InChI=1S/C18H16ClNO4/c1-13-10-15(19)4-7-17(13)24-12-18(21)23-9-8-22-16-5-2-14(11-20)3-6-16/h2-7,10H,8-9,12H2,1H3. The molecule has 0 aromatic heterocycles. The Balaban J connectivity index is 1.66. The van der Waals surface area contributed by atoms with Crippen LogP contribution >= 0.6 is 11.6 Å². The van der Waals surface area contributed by atoms with Gasteiger partial charge in [0.05, 0.1) is 11.6 Å². The van der Waals surface area contributed by atoms with Crippen molar-refractivity contribution in [1.29, 1.82) is 5.26 Å². The molecule has 0 bridgehead atoms. The van der Waals surface area contributed by atoms with Crippen molar-refractivity contribution in [2.45, 2.75) is 6.92 Å². The van der Waals surface area contributed by atoms with E-state index in [-0.39, 0.29) is 19.8 Å². The molecule has 0 fully saturated rings. The summed E-state index contributed by atoms with van der Waals surface area (Å²) in [4.78, 5) is 11.6. The molecule has 0 unspecified atom stereocenters. The normalized spacial score (nSPS) is 9.88. The second-order valence-corrected chi connectivity index (χ2v) is 5.34. The van der Waals surface area contributed by atoms with Crippen molar-refractivity contribution in [3.63, 3.8) is 0 Å². The molecule has 6 heteroatoms. The summed E-state index contributed by atoms with van der Waals surface area (Å²) in [6.45, 7) is 2.00. The summed E-state index contributed by atoms with van der Waals surface area (Å²) in [6, 6.07) is 13.9. The second-order valence-electron chi connectivity index (χ2n) is 4.90. The fraction of sp³-hybridized carbons (Fsp3) is 0.222. The first-order chi connectivity index (χ1) is 11.6. The minimum atomic E-state index is -0.479. The molecule has 5 nitrogen and oxygen atoms in total. The summed E-state index contributed by atoms with van der Waals surface area (Å²) >= 11 is 5.85. The topological polar surface area (TPSA) is 68.6 Å². The van der Waals surface area contributed by atoms with Crippen LogP contribution in [0.5, 0.6) is 11.5 Å². The van der Waals surface area contributed by atoms with Gasteiger partial charge in [0.15, 0.2) is 6.61 Å². The highest BCUT2D eigenvalue weighted by atomic mass is 35.5. The number of rotatable bonds is 7. The molecule has 0 spiro atoms. The van der Waals surface area contributed by atoms with Crippen molar-refractivity contribution in [2.75, 3.05) is 19.8 Å². The van der Waals surface area contributed by atoms with E-state index in [9.17, 15) is 4.79 Å². The maximum atomic E-state index is 11.6. The average molecular weight is 346 g/mol. The van der Waals surface area contributed by atoms with E-state index in [1.54, 1.807) is 42.5 Å². The zero-order valence-corrected chi connectivity index (χ0v) is 13.9. The largest absolute Gasteiger partial charge is 0.490 e. The summed E-state index contributed by atoms with van der Waals surface area (Å²) in [5, 5.41) is 9.31. The maximum absolute atomic E-state index is 11.6. The first kappa shape index (κ1) is 17.6. The van der Waals surface area contributed by atoms with Crippen LogP contribution in [0.1, 0.15) is 11.1 Å². The fourth-order valence-electron chi connectivity index (χ4n) is 1.89. The maximum Gasteiger partial charge on any atom is 0.344 e. The van der Waals surface area contributed by atoms with E-state index in [0.717, 1.165) is 5.56 Å². The highest BCUT2D eigenvalue weighted by Crippen LogP contribution is 2.21. The Labute approximate surface area is 145 Å². The van der Waals surface area contributed by atoms with Crippen LogP contribution in [0.4, 0.5) is 0 Å². The third-order valence-electron chi connectivity index (χ3n) is 3.08. The Morgan fingerprint density at radius 2 is 1.88 bits per heavy atom. The van der Waals surface area contributed by atoms with Crippen molar-refractivity contribution < 1.29 is 19.0 Å². The number of carbonyl (C=O) groups excluding carboxylic acids is 1. The predicted molar refractivity (Wildman–Crippen MR) is 89.3 cm³/mol. The molecule has 0 radical (unpaired) electrons. The van der Waals surface area contributed by atoms with E-state index in [2.05, 4.69) is 0 Å². The van der Waals surface area contributed by atoms with Gasteiger partial charge in [0.1, 0.15) is 24.7 Å². The number of ether oxygens (including phenoxy) is 3. The van der Waals surface area contributed by atoms with Gasteiger partial charge in [-0.2, -0.15) is 5.26 Å². The highest BCUT2D eigenvalue weighted by Gasteiger charge is 2.06. The van der Waals surface area contributed by atoms with Gasteiger partial charge >= 0.3 is 5.97 Å². The molecule has 0 N–H and O–H groups in total. The van der Waals surface area contributed by atoms with Crippen molar-refractivity contribution in [3.05, 3.63) is 58.6 Å². The molecule has 24 heavy (non-hydrogen) atoms. The molecule has 0 saturated heterocycles. The fourth-order valence-corrected chi connectivity index (χ4v) is 2.12. The number of benzene rings is 2. The minimum absolute atomic E-state index is 0.113. The SMILES string of the molecule is Cc1cc(Cl)ccc1OCC(=O)OCCOc1ccc(C#N)cc1. The number of carbonyl (C=O) groups is 1. The molecule has 0 aliphatic rings. The molecule has 2 rings (SSSR count). The van der Waals surface area contributed by atoms with Crippen LogP contribution in [0.2, 0.25) is 5.02 Å². The third-order valence-corrected chi connectivity index (χ3v) is 3.32. The van der Waals surface area contributed by atoms with Crippen molar-refractivity contribution in [3.8, 4) is 17.6 Å². The number of halogens is 1. The van der Waals surface area contributed by atoms with Gasteiger partial charge in [-0.1, -0.05) is 11.6 Å². The Bertz CT molecular complexity index is 738. The second kappa shape index (κ2) is 8.80. The van der Waals surface area contributed by atoms with Crippen molar-refractivity contribution in [1.82, 2.24) is 0 Å². The summed E-state index contributed by atoms with van der Waals surface area (Å²) in [5.74, 6) is 0.719. The predicted octanol–water partition coefficient (Wildman–Crippen LogP) is 3.52. The Morgan fingerprint density at radius 3 is 2.54 bits per heavy atom. The quantitative estimate of drug-likeness (QED) is 0.567. The molecule has 2 aromatic carbocycles. The summed E-state index contributed by atoms with van der Waals surface area (Å²) < 4.78 is 15.8. The van der Waals surface area contributed by atoms with Gasteiger partial charge in [0.25, 0.3) is 0 Å². The lowest BCUT2D eigenvalue weighted by Gasteiger charge is -2.10. The van der Waals surface area contributed by atoms with Gasteiger partial charge in [0, 0.05) is 5.02 Å². The van der Waals surface area contributed by atoms with Gasteiger partial charge in [-0.25, -0.2) is 4.79 Å². The van der Waals surface area contributed by atoms with Crippen LogP contribution in [0.3, 0.4) is 0 Å². The van der Waals surface area contributed by atoms with E-state index in [1.807, 2.05) is 13.0 Å². The molecule has 0 atom stereocenters. The van der Waals surface area contributed by atoms with Crippen LogP contribution < -0.4 is 9.47 Å². The molecular formula is C18H16ClNO4. The molecule has 0 amide bonds. The summed E-state index contributed by atoms with van der Waals surface area (Å²) in [5.41, 5.74) is 1.41. The lowest BCUT2D eigenvalue weighted by Crippen LogP contribution is -2.18. The van der Waals surface area contributed by atoms with E-state index >= 15 is 0 Å². The Kier molecular flexibility index (Phi) is 6.47. The van der Waals surface area contributed by atoms with E-state index < -0.39 is 5.97 Å². The number of hydrogen-bond donors (Lipinski definition) is 0. The molecule has 0 aliphatic carbocycles. The minimum Gasteiger partial charge on any atom is -0.490 e. The van der Waals surface area contributed by atoms with Gasteiger partial charge in [-0.05, 0) is 55.0 Å². The summed E-state index contributed by atoms with van der Waals surface area (Å²) in [7, 11) is 0. The van der Waals surface area contributed by atoms with E-state index in [4.69, 9.17) is 31.1 Å². The van der Waals surface area contributed by atoms with Gasteiger partial charge in [-0.3, -0.25) is 0 Å². The first-order valence-electron chi connectivity index (χ1n) is 7.26. The third kappa shape index (κ3) is 5.49. The molecule has 2 aromatic rings. The number of esters is 1. The van der Waals surface area contributed by atoms with Crippen LogP contribution in [0, 0.1) is 18.3 Å². The monoisotopic (exact) mass is 345 g/mol. The summed E-state index contributed by atoms with van der Waals surface area (Å²) in [6.07, 6.45) is 0. The number of nitrogens with zero attached hydrogens (tertiary/aromatic N) is 1.